The van der Waals surface area contributed by atoms with Gasteiger partial charge in [-0.3, -0.25) is 0 Å². The lowest BCUT2D eigenvalue weighted by Crippen LogP contribution is -2.04. The largest absolute Gasteiger partial charge is 0.325 e. The standard InChI is InChI=1S/C11H9F2N5/c12-8-2-1-7(5-9(8)13)11-10(6-15)16-17-18(11)4-3-14/h1-2,5H,4,6,15H2. The number of hydrogen-bond acceptors (Lipinski definition) is 4. The first-order valence-electron chi connectivity index (χ1n) is 5.12. The van der Waals surface area contributed by atoms with Gasteiger partial charge in [0, 0.05) is 12.1 Å². The topological polar surface area (TPSA) is 80.5 Å². The molecule has 5 nitrogen and oxygen atoms in total. The van der Waals surface area contributed by atoms with Crippen molar-refractivity contribution in [2.45, 2.75) is 13.1 Å². The van der Waals surface area contributed by atoms with Crippen LogP contribution in [0.1, 0.15) is 5.69 Å². The minimum atomic E-state index is -0.972. The van der Waals surface area contributed by atoms with E-state index in [0.29, 0.717) is 17.0 Å². The van der Waals surface area contributed by atoms with Gasteiger partial charge >= 0.3 is 0 Å². The Kier molecular flexibility index (Phi) is 3.30. The number of hydrogen-bond donors (Lipinski definition) is 1. The average molecular weight is 249 g/mol. The van der Waals surface area contributed by atoms with Crippen LogP contribution < -0.4 is 5.73 Å². The first-order chi connectivity index (χ1) is 8.67. The van der Waals surface area contributed by atoms with Crippen molar-refractivity contribution in [3.05, 3.63) is 35.5 Å². The Balaban J connectivity index is 2.57. The highest BCUT2D eigenvalue weighted by Gasteiger charge is 2.15. The molecule has 2 rings (SSSR count). The number of nitrogens with two attached hydrogens (primary N) is 1. The van der Waals surface area contributed by atoms with E-state index in [1.54, 1.807) is 0 Å². The van der Waals surface area contributed by atoms with Crippen LogP contribution in [0.2, 0.25) is 0 Å². The molecule has 1 heterocycles. The van der Waals surface area contributed by atoms with Crippen molar-refractivity contribution in [3.63, 3.8) is 0 Å². The number of aromatic nitrogens is 3. The second kappa shape index (κ2) is 4.89. The zero-order chi connectivity index (χ0) is 13.1. The zero-order valence-electron chi connectivity index (χ0n) is 9.27. The van der Waals surface area contributed by atoms with Crippen LogP contribution in [0.4, 0.5) is 8.78 Å². The quantitative estimate of drug-likeness (QED) is 0.886. The SMILES string of the molecule is N#CCn1nnc(CN)c1-c1ccc(F)c(F)c1. The van der Waals surface area contributed by atoms with Gasteiger partial charge in [0.1, 0.15) is 12.2 Å². The second-order valence-electron chi connectivity index (χ2n) is 3.53. The van der Waals surface area contributed by atoms with Crippen molar-refractivity contribution < 1.29 is 8.78 Å². The van der Waals surface area contributed by atoms with Crippen molar-refractivity contribution >= 4 is 0 Å². The van der Waals surface area contributed by atoms with Crippen LogP contribution in [0.3, 0.4) is 0 Å². The van der Waals surface area contributed by atoms with Crippen molar-refractivity contribution in [1.29, 1.82) is 5.26 Å². The minimum Gasteiger partial charge on any atom is -0.325 e. The van der Waals surface area contributed by atoms with Crippen LogP contribution in [0, 0.1) is 23.0 Å². The van der Waals surface area contributed by atoms with E-state index in [-0.39, 0.29) is 13.1 Å². The first-order valence-corrected chi connectivity index (χ1v) is 5.12. The molecule has 0 saturated heterocycles. The van der Waals surface area contributed by atoms with Gasteiger partial charge in [0.2, 0.25) is 0 Å². The number of rotatable bonds is 3. The summed E-state index contributed by atoms with van der Waals surface area (Å²) in [7, 11) is 0. The van der Waals surface area contributed by atoms with E-state index in [2.05, 4.69) is 10.3 Å². The maximum atomic E-state index is 13.2. The molecule has 0 atom stereocenters. The zero-order valence-corrected chi connectivity index (χ0v) is 9.27. The fraction of sp³-hybridized carbons (Fsp3) is 0.182. The Labute approximate surface area is 101 Å². The van der Waals surface area contributed by atoms with Gasteiger partial charge in [-0.15, -0.1) is 5.10 Å². The Morgan fingerprint density at radius 2 is 2.11 bits per heavy atom. The van der Waals surface area contributed by atoms with E-state index in [4.69, 9.17) is 11.0 Å². The number of halogens is 2. The molecule has 0 fully saturated rings. The van der Waals surface area contributed by atoms with Crippen molar-refractivity contribution in [1.82, 2.24) is 15.0 Å². The highest BCUT2D eigenvalue weighted by molar-refractivity contribution is 5.62. The van der Waals surface area contributed by atoms with E-state index < -0.39 is 11.6 Å². The number of nitriles is 1. The lowest BCUT2D eigenvalue weighted by atomic mass is 10.1. The van der Waals surface area contributed by atoms with Gasteiger partial charge in [0.05, 0.1) is 11.8 Å². The van der Waals surface area contributed by atoms with Crippen LogP contribution in [0.25, 0.3) is 11.3 Å². The van der Waals surface area contributed by atoms with Crippen molar-refractivity contribution in [2.24, 2.45) is 5.73 Å². The number of nitrogens with zero attached hydrogens (tertiary/aromatic N) is 4. The summed E-state index contributed by atoms with van der Waals surface area (Å²) in [5, 5.41) is 16.2. The summed E-state index contributed by atoms with van der Waals surface area (Å²) in [6, 6.07) is 5.34. The highest BCUT2D eigenvalue weighted by Crippen LogP contribution is 2.23. The summed E-state index contributed by atoms with van der Waals surface area (Å²) in [4.78, 5) is 0. The predicted octanol–water partition coefficient (Wildman–Crippen LogP) is 1.21. The maximum absolute atomic E-state index is 13.2. The van der Waals surface area contributed by atoms with Gasteiger partial charge in [0.25, 0.3) is 0 Å². The molecule has 0 aliphatic heterocycles. The van der Waals surface area contributed by atoms with Gasteiger partial charge in [-0.05, 0) is 18.2 Å². The molecule has 1 aromatic heterocycles. The molecule has 18 heavy (non-hydrogen) atoms. The number of benzene rings is 1. The van der Waals surface area contributed by atoms with Gasteiger partial charge < -0.3 is 5.73 Å². The summed E-state index contributed by atoms with van der Waals surface area (Å²) in [5.41, 5.74) is 6.74. The third-order valence-corrected chi connectivity index (χ3v) is 2.41. The van der Waals surface area contributed by atoms with Gasteiger partial charge in [-0.1, -0.05) is 5.21 Å². The summed E-state index contributed by atoms with van der Waals surface area (Å²) < 4.78 is 27.4. The fourth-order valence-corrected chi connectivity index (χ4v) is 1.62. The molecule has 0 unspecified atom stereocenters. The van der Waals surface area contributed by atoms with Crippen LogP contribution in [-0.4, -0.2) is 15.0 Å². The van der Waals surface area contributed by atoms with Crippen molar-refractivity contribution in [2.75, 3.05) is 0 Å². The average Bonchev–Trinajstić information content (AvgIpc) is 2.76. The molecule has 0 aliphatic carbocycles. The van der Waals surface area contributed by atoms with Crippen LogP contribution in [0.5, 0.6) is 0 Å². The van der Waals surface area contributed by atoms with E-state index in [0.717, 1.165) is 12.1 Å². The summed E-state index contributed by atoms with van der Waals surface area (Å²) >= 11 is 0. The summed E-state index contributed by atoms with van der Waals surface area (Å²) in [5.74, 6) is -1.91. The monoisotopic (exact) mass is 249 g/mol. The fourth-order valence-electron chi connectivity index (χ4n) is 1.62. The van der Waals surface area contributed by atoms with Crippen LogP contribution >= 0.6 is 0 Å². The molecule has 0 radical (unpaired) electrons. The van der Waals surface area contributed by atoms with Crippen LogP contribution in [-0.2, 0) is 13.1 Å². The lowest BCUT2D eigenvalue weighted by Gasteiger charge is -2.05. The lowest BCUT2D eigenvalue weighted by molar-refractivity contribution is 0.509. The third kappa shape index (κ3) is 2.06. The Hall–Kier alpha value is -2.33. The molecule has 2 N–H and O–H groups in total. The van der Waals surface area contributed by atoms with Gasteiger partial charge in [0.15, 0.2) is 11.6 Å². The van der Waals surface area contributed by atoms with E-state index in [1.165, 1.54) is 10.7 Å². The Bertz CT molecular complexity index is 614. The first kappa shape index (κ1) is 12.1. The third-order valence-electron chi connectivity index (χ3n) is 2.41. The van der Waals surface area contributed by atoms with E-state index in [9.17, 15) is 8.78 Å². The minimum absolute atomic E-state index is 0.0403. The molecule has 2 aromatic rings. The molecular formula is C11H9F2N5. The highest BCUT2D eigenvalue weighted by atomic mass is 19.2. The predicted molar refractivity (Wildman–Crippen MR) is 58.9 cm³/mol. The molecule has 0 aliphatic rings. The molecular weight excluding hydrogens is 240 g/mol. The van der Waals surface area contributed by atoms with Crippen molar-refractivity contribution in [3.8, 4) is 17.3 Å². The van der Waals surface area contributed by atoms with E-state index in [1.807, 2.05) is 6.07 Å². The molecule has 92 valence electrons. The molecule has 7 heteroatoms. The smallest absolute Gasteiger partial charge is 0.159 e. The Morgan fingerprint density at radius 1 is 1.33 bits per heavy atom. The van der Waals surface area contributed by atoms with E-state index >= 15 is 0 Å². The van der Waals surface area contributed by atoms with Crippen LogP contribution in [0.15, 0.2) is 18.2 Å². The normalized spacial score (nSPS) is 10.3. The Morgan fingerprint density at radius 3 is 2.72 bits per heavy atom. The molecule has 1 aromatic carbocycles. The molecule has 0 amide bonds. The summed E-state index contributed by atoms with van der Waals surface area (Å²) in [6.07, 6.45) is 0. The molecule has 0 bridgehead atoms. The molecule has 0 spiro atoms. The van der Waals surface area contributed by atoms with Gasteiger partial charge in [-0.2, -0.15) is 5.26 Å². The second-order valence-corrected chi connectivity index (χ2v) is 3.53. The van der Waals surface area contributed by atoms with Gasteiger partial charge in [-0.25, -0.2) is 13.5 Å². The maximum Gasteiger partial charge on any atom is 0.159 e. The molecule has 0 saturated carbocycles. The summed E-state index contributed by atoms with van der Waals surface area (Å²) in [6.45, 7) is 0.0566.